The van der Waals surface area contributed by atoms with Crippen molar-refractivity contribution in [2.75, 3.05) is 6.61 Å². The van der Waals surface area contributed by atoms with E-state index >= 15 is 0 Å². The number of carbonyl (C=O) groups excluding carboxylic acids is 2. The summed E-state index contributed by atoms with van der Waals surface area (Å²) in [5.41, 5.74) is 1.43. The number of hydrogen-bond acceptors (Lipinski definition) is 5. The minimum Gasteiger partial charge on any atom is -0.461 e. The third-order valence-corrected chi connectivity index (χ3v) is 3.67. The third kappa shape index (κ3) is 3.65. The van der Waals surface area contributed by atoms with E-state index in [1.165, 1.54) is 4.68 Å². The summed E-state index contributed by atoms with van der Waals surface area (Å²) in [4.78, 5) is 26.2. The Morgan fingerprint density at radius 1 is 1.35 bits per heavy atom. The van der Waals surface area contributed by atoms with Crippen LogP contribution in [-0.2, 0) is 29.5 Å². The van der Waals surface area contributed by atoms with E-state index in [1.54, 1.807) is 18.9 Å². The topological polar surface area (TPSA) is 73.7 Å². The second-order valence-electron chi connectivity index (χ2n) is 6.78. The maximum absolute atomic E-state index is 12.4. The zero-order valence-electron chi connectivity index (χ0n) is 14.7. The molecule has 1 aliphatic heterocycles. The van der Waals surface area contributed by atoms with Crippen molar-refractivity contribution < 1.29 is 19.1 Å². The van der Waals surface area contributed by atoms with Gasteiger partial charge in [0, 0.05) is 25.1 Å². The number of aryl methyl sites for hydroxylation is 1. The molecular weight excluding hydrogens is 298 g/mol. The van der Waals surface area contributed by atoms with Gasteiger partial charge >= 0.3 is 12.1 Å². The van der Waals surface area contributed by atoms with Crippen molar-refractivity contribution in [1.82, 2.24) is 14.7 Å². The van der Waals surface area contributed by atoms with Gasteiger partial charge in [0.05, 0.1) is 18.8 Å². The Morgan fingerprint density at radius 3 is 2.57 bits per heavy atom. The first-order valence-electron chi connectivity index (χ1n) is 7.85. The molecule has 1 aromatic heterocycles. The maximum atomic E-state index is 12.4. The van der Waals surface area contributed by atoms with E-state index in [-0.39, 0.29) is 12.1 Å². The monoisotopic (exact) mass is 323 g/mol. The number of fused-ring (bicyclic) bond motifs is 1. The van der Waals surface area contributed by atoms with Gasteiger partial charge in [-0.2, -0.15) is 5.10 Å². The molecule has 0 saturated heterocycles. The lowest BCUT2D eigenvalue weighted by atomic mass is 10.00. The summed E-state index contributed by atoms with van der Waals surface area (Å²) in [5, 5.41) is 4.41. The number of ether oxygens (including phenoxy) is 2. The molecular formula is C16H25N3O4. The molecule has 23 heavy (non-hydrogen) atoms. The van der Waals surface area contributed by atoms with Crippen LogP contribution in [0.2, 0.25) is 0 Å². The molecule has 0 bridgehead atoms. The van der Waals surface area contributed by atoms with E-state index in [0.29, 0.717) is 25.3 Å². The van der Waals surface area contributed by atoms with E-state index in [9.17, 15) is 9.59 Å². The number of amides is 1. The summed E-state index contributed by atoms with van der Waals surface area (Å²) in [5.74, 6) is -0.414. The number of nitrogens with zero attached hydrogens (tertiary/aromatic N) is 3. The van der Waals surface area contributed by atoms with Gasteiger partial charge < -0.3 is 14.4 Å². The standard InChI is InChI=1S/C16H25N3O4/c1-7-22-14(20)13-11-9-19(15(21)23-16(3,4)5)10(2)8-12(11)17-18(13)6/h10H,7-9H2,1-6H3/t10-/m1/s1. The lowest BCUT2D eigenvalue weighted by Gasteiger charge is -2.34. The van der Waals surface area contributed by atoms with Crippen molar-refractivity contribution in [2.45, 2.75) is 59.2 Å². The van der Waals surface area contributed by atoms with Gasteiger partial charge in [0.25, 0.3) is 0 Å². The number of hydrogen-bond donors (Lipinski definition) is 0. The van der Waals surface area contributed by atoms with Gasteiger partial charge in [-0.25, -0.2) is 9.59 Å². The van der Waals surface area contributed by atoms with Gasteiger partial charge in [-0.1, -0.05) is 0 Å². The lowest BCUT2D eigenvalue weighted by Crippen LogP contribution is -2.45. The summed E-state index contributed by atoms with van der Waals surface area (Å²) >= 11 is 0. The van der Waals surface area contributed by atoms with Crippen LogP contribution in [0.1, 0.15) is 56.4 Å². The molecule has 7 heteroatoms. The van der Waals surface area contributed by atoms with Crippen LogP contribution in [0.4, 0.5) is 4.79 Å². The predicted molar refractivity (Wildman–Crippen MR) is 84.1 cm³/mol. The zero-order chi connectivity index (χ0) is 17.4. The molecule has 0 spiro atoms. The van der Waals surface area contributed by atoms with Crippen molar-refractivity contribution in [1.29, 1.82) is 0 Å². The quantitative estimate of drug-likeness (QED) is 0.781. The second kappa shape index (κ2) is 6.22. The molecule has 1 aromatic rings. The summed E-state index contributed by atoms with van der Waals surface area (Å²) in [6.45, 7) is 9.80. The number of esters is 1. The van der Waals surface area contributed by atoms with E-state index in [0.717, 1.165) is 11.3 Å². The Balaban J connectivity index is 2.30. The van der Waals surface area contributed by atoms with Crippen LogP contribution in [0.5, 0.6) is 0 Å². The molecule has 7 nitrogen and oxygen atoms in total. The maximum Gasteiger partial charge on any atom is 0.410 e. The molecule has 0 fully saturated rings. The molecule has 0 aliphatic carbocycles. The summed E-state index contributed by atoms with van der Waals surface area (Å²) in [6, 6.07) is -0.0395. The highest BCUT2D eigenvalue weighted by atomic mass is 16.6. The van der Waals surface area contributed by atoms with Crippen molar-refractivity contribution in [3.8, 4) is 0 Å². The van der Waals surface area contributed by atoms with Crippen molar-refractivity contribution in [3.05, 3.63) is 17.0 Å². The third-order valence-electron chi connectivity index (χ3n) is 3.67. The predicted octanol–water partition coefficient (Wildman–Crippen LogP) is 2.28. The molecule has 2 heterocycles. The number of aromatic nitrogens is 2. The summed E-state index contributed by atoms with van der Waals surface area (Å²) in [7, 11) is 1.72. The highest BCUT2D eigenvalue weighted by Crippen LogP contribution is 2.27. The van der Waals surface area contributed by atoms with Crippen LogP contribution in [-0.4, -0.2) is 45.0 Å². The van der Waals surface area contributed by atoms with Gasteiger partial charge in [0.15, 0.2) is 5.69 Å². The second-order valence-corrected chi connectivity index (χ2v) is 6.78. The molecule has 0 radical (unpaired) electrons. The van der Waals surface area contributed by atoms with E-state index in [2.05, 4.69) is 5.10 Å². The van der Waals surface area contributed by atoms with Crippen LogP contribution in [0, 0.1) is 0 Å². The van der Waals surface area contributed by atoms with Crippen LogP contribution >= 0.6 is 0 Å². The normalized spacial score (nSPS) is 17.7. The van der Waals surface area contributed by atoms with Crippen LogP contribution in [0.3, 0.4) is 0 Å². The molecule has 128 valence electrons. The first-order chi connectivity index (χ1) is 10.6. The number of rotatable bonds is 2. The fourth-order valence-corrected chi connectivity index (χ4v) is 2.69. The SMILES string of the molecule is CCOC(=O)c1c2c(nn1C)C[C@@H](C)N(C(=O)OC(C)(C)C)C2. The first-order valence-corrected chi connectivity index (χ1v) is 7.85. The van der Waals surface area contributed by atoms with E-state index in [4.69, 9.17) is 9.47 Å². The van der Waals surface area contributed by atoms with Gasteiger partial charge in [0.2, 0.25) is 0 Å². The van der Waals surface area contributed by atoms with E-state index < -0.39 is 11.6 Å². The summed E-state index contributed by atoms with van der Waals surface area (Å²) < 4.78 is 12.1. The smallest absolute Gasteiger partial charge is 0.410 e. The Morgan fingerprint density at radius 2 is 2.00 bits per heavy atom. The van der Waals surface area contributed by atoms with Gasteiger partial charge in [-0.3, -0.25) is 4.68 Å². The first kappa shape index (κ1) is 17.3. The molecule has 2 rings (SSSR count). The molecule has 1 atom stereocenters. The lowest BCUT2D eigenvalue weighted by molar-refractivity contribution is 0.0134. The van der Waals surface area contributed by atoms with Gasteiger partial charge in [0.1, 0.15) is 5.60 Å². The van der Waals surface area contributed by atoms with Gasteiger partial charge in [-0.05, 0) is 34.6 Å². The Kier molecular flexibility index (Phi) is 4.68. The number of carbonyl (C=O) groups is 2. The minimum absolute atomic E-state index is 0.0395. The molecule has 1 aliphatic rings. The Labute approximate surface area is 136 Å². The van der Waals surface area contributed by atoms with Crippen molar-refractivity contribution >= 4 is 12.1 Å². The van der Waals surface area contributed by atoms with Crippen LogP contribution in [0.15, 0.2) is 0 Å². The zero-order valence-corrected chi connectivity index (χ0v) is 14.7. The average molecular weight is 323 g/mol. The van der Waals surface area contributed by atoms with Gasteiger partial charge in [-0.15, -0.1) is 0 Å². The molecule has 0 saturated carbocycles. The van der Waals surface area contributed by atoms with Crippen molar-refractivity contribution in [2.24, 2.45) is 7.05 Å². The van der Waals surface area contributed by atoms with E-state index in [1.807, 2.05) is 27.7 Å². The van der Waals surface area contributed by atoms with Crippen LogP contribution < -0.4 is 0 Å². The average Bonchev–Trinajstić information content (AvgIpc) is 2.70. The van der Waals surface area contributed by atoms with Crippen molar-refractivity contribution in [3.63, 3.8) is 0 Å². The molecule has 0 aromatic carbocycles. The Hall–Kier alpha value is -2.05. The summed E-state index contributed by atoms with van der Waals surface area (Å²) in [6.07, 6.45) is 0.205. The molecule has 0 N–H and O–H groups in total. The van der Waals surface area contributed by atoms with Crippen LogP contribution in [0.25, 0.3) is 0 Å². The minimum atomic E-state index is -0.560. The largest absolute Gasteiger partial charge is 0.461 e. The highest BCUT2D eigenvalue weighted by Gasteiger charge is 2.35. The fraction of sp³-hybridized carbons (Fsp3) is 0.688. The Bertz CT molecular complexity index is 616. The molecule has 0 unspecified atom stereocenters. The molecule has 1 amide bonds. The fourth-order valence-electron chi connectivity index (χ4n) is 2.69. The highest BCUT2D eigenvalue weighted by molar-refractivity contribution is 5.89.